The molecule has 22 nitrogen and oxygen atoms in total. The molecule has 1 saturated heterocycles. The summed E-state index contributed by atoms with van der Waals surface area (Å²) in [5.41, 5.74) is 2.71. The van der Waals surface area contributed by atoms with Crippen molar-refractivity contribution in [1.82, 2.24) is 39.2 Å². The highest BCUT2D eigenvalue weighted by atomic mass is 35.5. The Balaban J connectivity index is 1.59. The number of esters is 4. The van der Waals surface area contributed by atoms with E-state index in [4.69, 9.17) is 42.1 Å². The number of aromatic nitrogens is 4. The van der Waals surface area contributed by atoms with Gasteiger partial charge in [0.25, 0.3) is 23.6 Å². The van der Waals surface area contributed by atoms with Crippen LogP contribution in [-0.4, -0.2) is 163 Å². The molecule has 0 aliphatic carbocycles. The smallest absolute Gasteiger partial charge is 0.329 e. The van der Waals surface area contributed by atoms with Crippen molar-refractivity contribution in [3.05, 3.63) is 105 Å². The highest BCUT2D eigenvalue weighted by Gasteiger charge is 2.43. The summed E-state index contributed by atoms with van der Waals surface area (Å²) in [5.74, 6) is -7.98. The molecule has 0 radical (unpaired) electrons. The van der Waals surface area contributed by atoms with Crippen molar-refractivity contribution >= 4 is 70.7 Å². The lowest BCUT2D eigenvalue weighted by Gasteiger charge is -2.35. The first-order chi connectivity index (χ1) is 40.4. The second-order valence-corrected chi connectivity index (χ2v) is 24.5. The van der Waals surface area contributed by atoms with Gasteiger partial charge in [-0.2, -0.15) is 20.7 Å². The number of cyclic esters (lactones) is 4. The number of carbonyl (C=O) groups is 8. The summed E-state index contributed by atoms with van der Waals surface area (Å²) in [4.78, 5) is 122. The van der Waals surface area contributed by atoms with Gasteiger partial charge in [-0.1, -0.05) is 127 Å². The second kappa shape index (κ2) is 31.0. The van der Waals surface area contributed by atoms with Gasteiger partial charge in [-0.3, -0.25) is 28.5 Å². The van der Waals surface area contributed by atoms with Gasteiger partial charge in [0, 0.05) is 53.4 Å². The maximum atomic E-state index is 15.0. The number of nitriles is 2. The highest BCUT2D eigenvalue weighted by Crippen LogP contribution is 2.26. The van der Waals surface area contributed by atoms with E-state index in [-0.39, 0.29) is 96.7 Å². The summed E-state index contributed by atoms with van der Waals surface area (Å²) in [6.07, 6.45) is -3.48. The van der Waals surface area contributed by atoms with Gasteiger partial charge < -0.3 is 38.5 Å². The average Bonchev–Trinajstić information content (AvgIpc) is 4.18. The van der Waals surface area contributed by atoms with Crippen molar-refractivity contribution in [3.8, 4) is 12.1 Å². The number of carbonyl (C=O) groups excluding carboxylic acids is 8. The van der Waals surface area contributed by atoms with Crippen LogP contribution in [0.3, 0.4) is 0 Å². The van der Waals surface area contributed by atoms with Crippen LogP contribution in [0, 0.1) is 46.3 Å². The summed E-state index contributed by atoms with van der Waals surface area (Å²) < 4.78 is 27.2. The number of hydrogen-bond acceptors (Lipinski definition) is 16. The standard InChI is InChI=1S/C62H80Cl2N10O12/c1-35(2)23-49-59(79)83-39(9)55(75)69(11)52(26-38(7)8)62(82)86-54(28-42-17-21-44(22-18-42)32-74-34-46(64)48(30-66)68-74)58(78)72(14)50(24-36(3)4)60(80)84-40(10)56(76)70(12)51(25-37(5)6)61(81)85-53(57(77)71(49)13)27-41-15-19-43(20-16-41)31-73-33-45(63)47(29-65)67-73/h15-22,33-40,49-54H,23-28,31-32H2,1-14H3/t39-,40-,49+,50+,51+,52+,53-,54-/m1/s1. The van der Waals surface area contributed by atoms with Gasteiger partial charge >= 0.3 is 23.9 Å². The Morgan fingerprint density at radius 2 is 0.698 bits per heavy atom. The van der Waals surface area contributed by atoms with Crippen molar-refractivity contribution in [3.63, 3.8) is 0 Å². The molecular formula is C62H80Cl2N10O12. The number of rotatable bonds is 16. The average molecular weight is 1230 g/mol. The Morgan fingerprint density at radius 1 is 0.442 bits per heavy atom. The van der Waals surface area contributed by atoms with E-state index >= 15 is 9.59 Å². The van der Waals surface area contributed by atoms with Crippen molar-refractivity contribution in [2.24, 2.45) is 23.7 Å². The Bertz CT molecular complexity index is 2920. The molecule has 4 aromatic rings. The number of ether oxygens (including phenoxy) is 4. The van der Waals surface area contributed by atoms with E-state index in [1.807, 2.05) is 67.5 Å². The van der Waals surface area contributed by atoms with Crippen LogP contribution in [0.15, 0.2) is 60.9 Å². The Labute approximate surface area is 513 Å². The largest absolute Gasteiger partial charge is 0.451 e. The molecule has 0 N–H and O–H groups in total. The van der Waals surface area contributed by atoms with Crippen molar-refractivity contribution in [2.75, 3.05) is 28.2 Å². The van der Waals surface area contributed by atoms with Crippen LogP contribution in [-0.2, 0) is 83.2 Å². The van der Waals surface area contributed by atoms with Crippen molar-refractivity contribution in [2.45, 2.75) is 169 Å². The predicted molar refractivity (Wildman–Crippen MR) is 317 cm³/mol. The molecule has 0 bridgehead atoms. The minimum atomic E-state index is -1.60. The zero-order valence-electron chi connectivity index (χ0n) is 51.5. The van der Waals surface area contributed by atoms with Gasteiger partial charge in [0.05, 0.1) is 23.1 Å². The quantitative estimate of drug-likeness (QED) is 0.0792. The molecule has 5 rings (SSSR count). The first-order valence-corrected chi connectivity index (χ1v) is 29.5. The molecular weight excluding hydrogens is 1150 g/mol. The summed E-state index contributed by atoms with van der Waals surface area (Å²) in [7, 11) is 5.42. The SMILES string of the molecule is CC(C)C[C@H]1C(=O)O[C@H](Cc2ccc(Cn3cc(Cl)c(C#N)n3)cc2)C(=O)N(C)[C@@H](CC(C)C)C(=O)O[C@H](C)C(=O)N(C)[C@@H](CC(C)C)C(=O)O[C@H](Cc2ccc(Cn3cc(Cl)c(C#N)n3)cc2)C(=O)N(C)[C@@H](CC(C)C)C(=O)O[C@H](C)C(=O)N1C. The first kappa shape index (κ1) is 69.0. The topological polar surface area (TPSA) is 270 Å². The minimum Gasteiger partial charge on any atom is -0.451 e. The number of nitrogens with zero attached hydrogens (tertiary/aromatic N) is 10. The minimum absolute atomic E-state index is 0.0390. The molecule has 1 fully saturated rings. The van der Waals surface area contributed by atoms with Crippen LogP contribution in [0.1, 0.15) is 129 Å². The normalized spacial score (nSPS) is 22.3. The predicted octanol–water partition coefficient (Wildman–Crippen LogP) is 7.20. The van der Waals surface area contributed by atoms with Crippen LogP contribution in [0.4, 0.5) is 0 Å². The molecule has 2 aromatic heterocycles. The van der Waals surface area contributed by atoms with Crippen LogP contribution in [0.5, 0.6) is 0 Å². The summed E-state index contributed by atoms with van der Waals surface area (Å²) in [5, 5.41) is 27.5. The van der Waals surface area contributed by atoms with Gasteiger partial charge in [-0.15, -0.1) is 0 Å². The zero-order chi connectivity index (χ0) is 64.0. The van der Waals surface area contributed by atoms with E-state index < -0.39 is 96.1 Å². The van der Waals surface area contributed by atoms with Gasteiger partial charge in [0.1, 0.15) is 36.3 Å². The number of likely N-dealkylation sites (N-methyl/N-ethyl adjacent to an activating group) is 4. The lowest BCUT2D eigenvalue weighted by molar-refractivity contribution is -0.176. The number of amides is 4. The van der Waals surface area contributed by atoms with Crippen LogP contribution in [0.25, 0.3) is 0 Å². The molecule has 0 saturated carbocycles. The van der Waals surface area contributed by atoms with Gasteiger partial charge in [-0.25, -0.2) is 19.2 Å². The Hall–Kier alpha value is -7.82. The fourth-order valence-corrected chi connectivity index (χ4v) is 10.3. The third-order valence-corrected chi connectivity index (χ3v) is 15.3. The van der Waals surface area contributed by atoms with Crippen molar-refractivity contribution < 1.29 is 57.3 Å². The molecule has 464 valence electrons. The molecule has 0 spiro atoms. The number of benzene rings is 2. The fourth-order valence-electron chi connectivity index (χ4n) is 9.95. The molecule has 0 unspecified atom stereocenters. The van der Waals surface area contributed by atoms with E-state index in [9.17, 15) is 39.3 Å². The van der Waals surface area contributed by atoms with Gasteiger partial charge in [-0.05, 0) is 85.5 Å². The van der Waals surface area contributed by atoms with E-state index in [1.165, 1.54) is 63.8 Å². The van der Waals surface area contributed by atoms with Gasteiger partial charge in [0.15, 0.2) is 35.8 Å². The maximum absolute atomic E-state index is 15.0. The molecule has 86 heavy (non-hydrogen) atoms. The molecule has 1 aliphatic rings. The lowest BCUT2D eigenvalue weighted by Crippen LogP contribution is -2.55. The third kappa shape index (κ3) is 18.6. The highest BCUT2D eigenvalue weighted by molar-refractivity contribution is 6.31. The van der Waals surface area contributed by atoms with E-state index in [0.29, 0.717) is 11.1 Å². The lowest BCUT2D eigenvalue weighted by atomic mass is 9.99. The third-order valence-electron chi connectivity index (χ3n) is 14.7. The summed E-state index contributed by atoms with van der Waals surface area (Å²) in [6, 6.07) is 12.4. The fraction of sp³-hybridized carbons (Fsp3) is 0.548. The monoisotopic (exact) mass is 1230 g/mol. The van der Waals surface area contributed by atoms with Crippen LogP contribution < -0.4 is 0 Å². The van der Waals surface area contributed by atoms with Crippen LogP contribution >= 0.6 is 23.2 Å². The molecule has 2 aromatic carbocycles. The van der Waals surface area contributed by atoms with E-state index in [1.54, 1.807) is 48.5 Å². The van der Waals surface area contributed by atoms with Gasteiger partial charge in [0.2, 0.25) is 0 Å². The zero-order valence-corrected chi connectivity index (χ0v) is 53.0. The van der Waals surface area contributed by atoms with E-state index in [2.05, 4.69) is 10.2 Å². The maximum Gasteiger partial charge on any atom is 0.329 e. The van der Waals surface area contributed by atoms with Crippen molar-refractivity contribution in [1.29, 1.82) is 10.5 Å². The second-order valence-electron chi connectivity index (χ2n) is 23.7. The Kier molecular flexibility index (Phi) is 24.9. The summed E-state index contributed by atoms with van der Waals surface area (Å²) in [6.45, 7) is 17.7. The number of halogens is 2. The molecule has 1 aliphatic heterocycles. The number of hydrogen-bond donors (Lipinski definition) is 0. The molecule has 3 heterocycles. The Morgan fingerprint density at radius 3 is 0.953 bits per heavy atom. The first-order valence-electron chi connectivity index (χ1n) is 28.7. The summed E-state index contributed by atoms with van der Waals surface area (Å²) >= 11 is 12.3. The van der Waals surface area contributed by atoms with Crippen LogP contribution in [0.2, 0.25) is 10.0 Å². The molecule has 24 heteroatoms. The molecule has 8 atom stereocenters. The molecule has 4 amide bonds. The van der Waals surface area contributed by atoms with E-state index in [0.717, 1.165) is 30.7 Å².